The second-order valence-corrected chi connectivity index (χ2v) is 6.38. The van der Waals surface area contributed by atoms with E-state index in [0.29, 0.717) is 28.2 Å². The van der Waals surface area contributed by atoms with Crippen molar-refractivity contribution in [1.82, 2.24) is 10.2 Å². The Morgan fingerprint density at radius 1 is 1.27 bits per heavy atom. The third-order valence-electron chi connectivity index (χ3n) is 3.66. The number of amides is 2. The minimum absolute atomic E-state index is 0.324. The van der Waals surface area contributed by atoms with Crippen molar-refractivity contribution in [2.45, 2.75) is 12.8 Å². The molecule has 0 spiro atoms. The van der Waals surface area contributed by atoms with Crippen molar-refractivity contribution >= 4 is 40.7 Å². The van der Waals surface area contributed by atoms with E-state index in [-0.39, 0.29) is 0 Å². The molecule has 7 heteroatoms. The number of carbonyl (C=O) groups excluding carboxylic acids is 2. The summed E-state index contributed by atoms with van der Waals surface area (Å²) in [5.41, 5.74) is 0.437. The molecule has 1 aliphatic heterocycles. The van der Waals surface area contributed by atoms with Crippen LogP contribution in [-0.2, 0) is 9.59 Å². The van der Waals surface area contributed by atoms with Gasteiger partial charge in [-0.05, 0) is 50.6 Å². The highest BCUT2D eigenvalue weighted by atomic mass is 35.5. The van der Waals surface area contributed by atoms with Crippen LogP contribution in [0.4, 0.5) is 5.69 Å². The molecule has 0 saturated carbocycles. The Kier molecular flexibility index (Phi) is 6.06. The van der Waals surface area contributed by atoms with Gasteiger partial charge in [-0.25, -0.2) is 0 Å². The van der Waals surface area contributed by atoms with Gasteiger partial charge in [-0.3, -0.25) is 9.59 Å². The maximum atomic E-state index is 11.8. The molecular formula is C15H19Cl2N3O2. The first-order valence-corrected chi connectivity index (χ1v) is 7.94. The zero-order valence-electron chi connectivity index (χ0n) is 12.4. The second-order valence-electron chi connectivity index (χ2n) is 5.56. The number of rotatable bonds is 3. The molecule has 1 aromatic carbocycles. The standard InChI is InChI=1S/C15H19Cl2N3O2/c1-20-6-2-3-10(9-20)8-18-14(21)15(22)19-11-4-5-12(16)13(17)7-11/h4-5,7,10H,2-3,6,8-9H2,1H3,(H,18,21)(H,19,22)/t10-/m0/s1. The van der Waals surface area contributed by atoms with Crippen molar-refractivity contribution in [3.63, 3.8) is 0 Å². The lowest BCUT2D eigenvalue weighted by molar-refractivity contribution is -0.136. The van der Waals surface area contributed by atoms with E-state index in [4.69, 9.17) is 23.2 Å². The fraction of sp³-hybridized carbons (Fsp3) is 0.467. The van der Waals surface area contributed by atoms with Crippen molar-refractivity contribution in [2.24, 2.45) is 5.92 Å². The van der Waals surface area contributed by atoms with Crippen molar-refractivity contribution in [3.05, 3.63) is 28.2 Å². The fourth-order valence-electron chi connectivity index (χ4n) is 2.52. The summed E-state index contributed by atoms with van der Waals surface area (Å²) < 4.78 is 0. The lowest BCUT2D eigenvalue weighted by Crippen LogP contribution is -2.42. The van der Waals surface area contributed by atoms with Gasteiger partial charge in [0.1, 0.15) is 0 Å². The van der Waals surface area contributed by atoms with Gasteiger partial charge in [-0.1, -0.05) is 23.2 Å². The van der Waals surface area contributed by atoms with Crippen LogP contribution in [-0.4, -0.2) is 43.4 Å². The van der Waals surface area contributed by atoms with Crippen LogP contribution in [0.25, 0.3) is 0 Å². The largest absolute Gasteiger partial charge is 0.347 e. The van der Waals surface area contributed by atoms with E-state index < -0.39 is 11.8 Å². The van der Waals surface area contributed by atoms with Gasteiger partial charge in [0.05, 0.1) is 10.0 Å². The summed E-state index contributed by atoms with van der Waals surface area (Å²) >= 11 is 11.7. The maximum absolute atomic E-state index is 11.8. The van der Waals surface area contributed by atoms with Gasteiger partial charge in [-0.15, -0.1) is 0 Å². The third-order valence-corrected chi connectivity index (χ3v) is 4.40. The van der Waals surface area contributed by atoms with Crippen LogP contribution >= 0.6 is 23.2 Å². The summed E-state index contributed by atoms with van der Waals surface area (Å²) in [5.74, 6) is -0.956. The SMILES string of the molecule is CN1CCC[C@@H](CNC(=O)C(=O)Nc2ccc(Cl)c(Cl)c2)C1. The Bertz CT molecular complexity index is 566. The number of hydrogen-bond acceptors (Lipinski definition) is 3. The Labute approximate surface area is 139 Å². The Morgan fingerprint density at radius 3 is 2.73 bits per heavy atom. The van der Waals surface area contributed by atoms with E-state index in [0.717, 1.165) is 25.9 Å². The zero-order chi connectivity index (χ0) is 16.1. The Hall–Kier alpha value is -1.30. The first-order valence-electron chi connectivity index (χ1n) is 7.18. The average Bonchev–Trinajstić information content (AvgIpc) is 2.48. The van der Waals surface area contributed by atoms with E-state index in [1.165, 1.54) is 6.07 Å². The van der Waals surface area contributed by atoms with E-state index in [1.54, 1.807) is 12.1 Å². The fourth-order valence-corrected chi connectivity index (χ4v) is 2.82. The molecule has 22 heavy (non-hydrogen) atoms. The normalized spacial score (nSPS) is 18.8. The van der Waals surface area contributed by atoms with Gasteiger partial charge in [0.25, 0.3) is 0 Å². The number of halogens is 2. The molecule has 0 radical (unpaired) electrons. The second kappa shape index (κ2) is 7.81. The minimum Gasteiger partial charge on any atom is -0.347 e. The summed E-state index contributed by atoms with van der Waals surface area (Å²) in [6.45, 7) is 2.54. The number of carbonyl (C=O) groups is 2. The minimum atomic E-state index is -0.706. The molecule has 1 fully saturated rings. The number of nitrogens with one attached hydrogen (secondary N) is 2. The van der Waals surface area contributed by atoms with E-state index >= 15 is 0 Å². The molecule has 0 aromatic heterocycles. The molecule has 2 amide bonds. The van der Waals surface area contributed by atoms with Gasteiger partial charge < -0.3 is 15.5 Å². The van der Waals surface area contributed by atoms with Crippen LogP contribution in [0.5, 0.6) is 0 Å². The number of anilines is 1. The summed E-state index contributed by atoms with van der Waals surface area (Å²) in [6, 6.07) is 4.66. The molecule has 1 heterocycles. The van der Waals surface area contributed by atoms with Crippen LogP contribution in [0.1, 0.15) is 12.8 Å². The van der Waals surface area contributed by atoms with Crippen molar-refractivity contribution in [1.29, 1.82) is 0 Å². The summed E-state index contributed by atoms with van der Waals surface area (Å²) in [7, 11) is 2.06. The molecule has 1 aromatic rings. The molecule has 0 bridgehead atoms. The van der Waals surface area contributed by atoms with Gasteiger partial charge >= 0.3 is 11.8 Å². The number of piperidine rings is 1. The zero-order valence-corrected chi connectivity index (χ0v) is 13.9. The topological polar surface area (TPSA) is 61.4 Å². The molecule has 2 rings (SSSR count). The summed E-state index contributed by atoms with van der Waals surface area (Å²) in [4.78, 5) is 25.9. The number of likely N-dealkylation sites (tertiary alicyclic amines) is 1. The molecule has 5 nitrogen and oxygen atoms in total. The van der Waals surface area contributed by atoms with Crippen molar-refractivity contribution in [3.8, 4) is 0 Å². The van der Waals surface area contributed by atoms with Crippen LogP contribution in [0.2, 0.25) is 10.0 Å². The highest BCUT2D eigenvalue weighted by Crippen LogP contribution is 2.24. The lowest BCUT2D eigenvalue weighted by atomic mass is 9.98. The number of nitrogens with zero attached hydrogens (tertiary/aromatic N) is 1. The first-order chi connectivity index (χ1) is 10.5. The van der Waals surface area contributed by atoms with Gasteiger partial charge in [0.15, 0.2) is 0 Å². The van der Waals surface area contributed by atoms with E-state index in [1.807, 2.05) is 0 Å². The molecule has 1 aliphatic rings. The highest BCUT2D eigenvalue weighted by Gasteiger charge is 2.20. The first kappa shape index (κ1) is 17.1. The highest BCUT2D eigenvalue weighted by molar-refractivity contribution is 6.42. The van der Waals surface area contributed by atoms with Crippen LogP contribution in [0.3, 0.4) is 0 Å². The quantitative estimate of drug-likeness (QED) is 0.828. The van der Waals surface area contributed by atoms with Gasteiger partial charge in [0.2, 0.25) is 0 Å². The van der Waals surface area contributed by atoms with Crippen LogP contribution in [0.15, 0.2) is 18.2 Å². The average molecular weight is 344 g/mol. The molecule has 2 N–H and O–H groups in total. The molecule has 0 aliphatic carbocycles. The van der Waals surface area contributed by atoms with Crippen LogP contribution in [0, 0.1) is 5.92 Å². The maximum Gasteiger partial charge on any atom is 0.313 e. The monoisotopic (exact) mass is 343 g/mol. The molecular weight excluding hydrogens is 325 g/mol. The lowest BCUT2D eigenvalue weighted by Gasteiger charge is -2.29. The van der Waals surface area contributed by atoms with Gasteiger partial charge in [0, 0.05) is 18.8 Å². The molecule has 0 unspecified atom stereocenters. The van der Waals surface area contributed by atoms with Crippen molar-refractivity contribution in [2.75, 3.05) is 32.0 Å². The number of benzene rings is 1. The summed E-state index contributed by atoms with van der Waals surface area (Å²) in [5, 5.41) is 5.90. The summed E-state index contributed by atoms with van der Waals surface area (Å²) in [6.07, 6.45) is 2.19. The Balaban J connectivity index is 1.81. The van der Waals surface area contributed by atoms with E-state index in [2.05, 4.69) is 22.6 Å². The third kappa shape index (κ3) is 4.87. The Morgan fingerprint density at radius 2 is 2.05 bits per heavy atom. The van der Waals surface area contributed by atoms with E-state index in [9.17, 15) is 9.59 Å². The predicted octanol–water partition coefficient (Wildman–Crippen LogP) is 2.39. The molecule has 120 valence electrons. The molecule has 1 atom stereocenters. The number of hydrogen-bond donors (Lipinski definition) is 2. The van der Waals surface area contributed by atoms with Crippen molar-refractivity contribution < 1.29 is 9.59 Å². The molecule has 1 saturated heterocycles. The van der Waals surface area contributed by atoms with Gasteiger partial charge in [-0.2, -0.15) is 0 Å². The smallest absolute Gasteiger partial charge is 0.313 e. The predicted molar refractivity (Wildman–Crippen MR) is 88.3 cm³/mol. The van der Waals surface area contributed by atoms with Crippen LogP contribution < -0.4 is 10.6 Å².